The first kappa shape index (κ1) is 10.9. The van der Waals surface area contributed by atoms with E-state index >= 15 is 0 Å². The molecule has 13 heavy (non-hydrogen) atoms. The molecule has 1 aliphatic carbocycles. The number of hydrogen-bond acceptors (Lipinski definition) is 3. The van der Waals surface area contributed by atoms with Crippen LogP contribution in [0.1, 0.15) is 19.8 Å². The Morgan fingerprint density at radius 3 is 2.46 bits per heavy atom. The van der Waals surface area contributed by atoms with Crippen LogP contribution in [0.4, 0.5) is 0 Å². The molecule has 1 saturated carbocycles. The van der Waals surface area contributed by atoms with Crippen molar-refractivity contribution < 1.29 is 13.5 Å². The van der Waals surface area contributed by atoms with Gasteiger partial charge in [0, 0.05) is 13.6 Å². The molecule has 0 aromatic carbocycles. The lowest BCUT2D eigenvalue weighted by atomic mass is 10.4. The second kappa shape index (κ2) is 3.94. The van der Waals surface area contributed by atoms with Crippen molar-refractivity contribution in [1.82, 2.24) is 4.31 Å². The molecule has 0 bridgehead atoms. The number of nitrogens with zero attached hydrogens (tertiary/aromatic N) is 1. The Morgan fingerprint density at radius 2 is 2.08 bits per heavy atom. The second-order valence-electron chi connectivity index (χ2n) is 3.76. The van der Waals surface area contributed by atoms with Gasteiger partial charge in [-0.05, 0) is 25.7 Å². The first-order chi connectivity index (χ1) is 5.98. The maximum absolute atomic E-state index is 11.6. The average molecular weight is 207 g/mol. The third kappa shape index (κ3) is 2.65. The van der Waals surface area contributed by atoms with Gasteiger partial charge in [0.25, 0.3) is 0 Å². The van der Waals surface area contributed by atoms with Crippen LogP contribution < -0.4 is 0 Å². The summed E-state index contributed by atoms with van der Waals surface area (Å²) in [4.78, 5) is 0. The van der Waals surface area contributed by atoms with E-state index < -0.39 is 15.3 Å². The zero-order chi connectivity index (χ0) is 10.1. The smallest absolute Gasteiger partial charge is 0.218 e. The highest BCUT2D eigenvalue weighted by atomic mass is 32.2. The SMILES string of the molecule is CC(CO)S(=O)(=O)N(C)CC1CC1. The number of hydrogen-bond donors (Lipinski definition) is 1. The predicted octanol–water partition coefficient (Wildman–Crippen LogP) is 0.0388. The van der Waals surface area contributed by atoms with Crippen LogP contribution in [-0.2, 0) is 10.0 Å². The molecule has 0 aromatic rings. The monoisotopic (exact) mass is 207 g/mol. The summed E-state index contributed by atoms with van der Waals surface area (Å²) in [7, 11) is -1.68. The summed E-state index contributed by atoms with van der Waals surface area (Å²) in [6.07, 6.45) is 2.26. The summed E-state index contributed by atoms with van der Waals surface area (Å²) in [5, 5.41) is 8.08. The average Bonchev–Trinajstić information content (AvgIpc) is 2.86. The van der Waals surface area contributed by atoms with Gasteiger partial charge in [0.1, 0.15) is 0 Å². The molecule has 0 spiro atoms. The summed E-state index contributed by atoms with van der Waals surface area (Å²) in [6.45, 7) is 1.82. The minimum Gasteiger partial charge on any atom is -0.395 e. The van der Waals surface area contributed by atoms with Crippen molar-refractivity contribution in [3.63, 3.8) is 0 Å². The van der Waals surface area contributed by atoms with E-state index in [-0.39, 0.29) is 6.61 Å². The summed E-state index contributed by atoms with van der Waals surface area (Å²) < 4.78 is 24.5. The molecular weight excluding hydrogens is 190 g/mol. The maximum atomic E-state index is 11.6. The van der Waals surface area contributed by atoms with Gasteiger partial charge in [0.05, 0.1) is 11.9 Å². The van der Waals surface area contributed by atoms with Crippen molar-refractivity contribution >= 4 is 10.0 Å². The van der Waals surface area contributed by atoms with Gasteiger partial charge in [0.2, 0.25) is 10.0 Å². The molecule has 78 valence electrons. The summed E-state index contributed by atoms with van der Waals surface area (Å²) in [5.41, 5.74) is 0. The fraction of sp³-hybridized carbons (Fsp3) is 1.00. The Labute approximate surface area is 79.6 Å². The zero-order valence-electron chi connectivity index (χ0n) is 8.10. The van der Waals surface area contributed by atoms with Gasteiger partial charge in [-0.2, -0.15) is 0 Å². The summed E-state index contributed by atoms with van der Waals surface area (Å²) in [5.74, 6) is 0.547. The van der Waals surface area contributed by atoms with Crippen LogP contribution in [-0.4, -0.2) is 43.3 Å². The third-order valence-corrected chi connectivity index (χ3v) is 4.60. The zero-order valence-corrected chi connectivity index (χ0v) is 8.92. The molecule has 1 aliphatic rings. The van der Waals surface area contributed by atoms with E-state index in [2.05, 4.69) is 0 Å². The van der Waals surface area contributed by atoms with Crippen LogP contribution in [0.5, 0.6) is 0 Å². The normalized spacial score (nSPS) is 20.6. The van der Waals surface area contributed by atoms with Crippen molar-refractivity contribution in [3.8, 4) is 0 Å². The highest BCUT2D eigenvalue weighted by Crippen LogP contribution is 2.30. The molecule has 0 radical (unpaired) electrons. The van der Waals surface area contributed by atoms with Crippen molar-refractivity contribution in [2.24, 2.45) is 5.92 Å². The molecule has 0 aromatic heterocycles. The Hall–Kier alpha value is -0.130. The molecule has 0 saturated heterocycles. The first-order valence-electron chi connectivity index (χ1n) is 4.54. The topological polar surface area (TPSA) is 57.6 Å². The Balaban J connectivity index is 2.55. The lowest BCUT2D eigenvalue weighted by Gasteiger charge is -2.20. The molecular formula is C8H17NO3S. The van der Waals surface area contributed by atoms with Crippen LogP contribution in [0, 0.1) is 5.92 Å². The van der Waals surface area contributed by atoms with Crippen molar-refractivity contribution in [1.29, 1.82) is 0 Å². The molecule has 0 aliphatic heterocycles. The van der Waals surface area contributed by atoms with Crippen molar-refractivity contribution in [2.45, 2.75) is 25.0 Å². The first-order valence-corrected chi connectivity index (χ1v) is 6.04. The fourth-order valence-electron chi connectivity index (χ4n) is 1.17. The van der Waals surface area contributed by atoms with E-state index in [1.165, 1.54) is 11.2 Å². The Kier molecular flexibility index (Phi) is 3.32. The van der Waals surface area contributed by atoms with E-state index in [1.54, 1.807) is 7.05 Å². The highest BCUT2D eigenvalue weighted by Gasteiger charge is 2.30. The molecule has 1 atom stereocenters. The third-order valence-electron chi connectivity index (χ3n) is 2.41. The summed E-state index contributed by atoms with van der Waals surface area (Å²) in [6, 6.07) is 0. The van der Waals surface area contributed by atoms with E-state index in [0.29, 0.717) is 12.5 Å². The standard InChI is InChI=1S/C8H17NO3S/c1-7(6-10)13(11,12)9(2)5-8-3-4-8/h7-8,10H,3-6H2,1-2H3. The van der Waals surface area contributed by atoms with E-state index in [9.17, 15) is 8.42 Å². The van der Waals surface area contributed by atoms with Gasteiger partial charge in [0.15, 0.2) is 0 Å². The molecule has 0 heterocycles. The maximum Gasteiger partial charge on any atom is 0.218 e. The van der Waals surface area contributed by atoms with Crippen molar-refractivity contribution in [2.75, 3.05) is 20.2 Å². The molecule has 1 N–H and O–H groups in total. The van der Waals surface area contributed by atoms with Gasteiger partial charge in [-0.25, -0.2) is 12.7 Å². The highest BCUT2D eigenvalue weighted by molar-refractivity contribution is 7.89. The Morgan fingerprint density at radius 1 is 1.54 bits per heavy atom. The predicted molar refractivity (Wildman–Crippen MR) is 50.8 cm³/mol. The van der Waals surface area contributed by atoms with Crippen LogP contribution in [0.2, 0.25) is 0 Å². The van der Waals surface area contributed by atoms with E-state index in [1.807, 2.05) is 0 Å². The van der Waals surface area contributed by atoms with Gasteiger partial charge in [-0.1, -0.05) is 0 Å². The minimum absolute atomic E-state index is 0.308. The number of aliphatic hydroxyl groups excluding tert-OH is 1. The van der Waals surface area contributed by atoms with Gasteiger partial charge in [-0.15, -0.1) is 0 Å². The number of rotatable bonds is 5. The lowest BCUT2D eigenvalue weighted by Crippen LogP contribution is -2.37. The molecule has 0 amide bonds. The van der Waals surface area contributed by atoms with Gasteiger partial charge < -0.3 is 5.11 Å². The fourth-order valence-corrected chi connectivity index (χ4v) is 2.39. The lowest BCUT2D eigenvalue weighted by molar-refractivity contribution is 0.290. The number of sulfonamides is 1. The molecule has 4 nitrogen and oxygen atoms in total. The van der Waals surface area contributed by atoms with E-state index in [0.717, 1.165) is 12.8 Å². The van der Waals surface area contributed by atoms with E-state index in [4.69, 9.17) is 5.11 Å². The van der Waals surface area contributed by atoms with Crippen LogP contribution in [0.25, 0.3) is 0 Å². The van der Waals surface area contributed by atoms with Gasteiger partial charge >= 0.3 is 0 Å². The van der Waals surface area contributed by atoms with Gasteiger partial charge in [-0.3, -0.25) is 0 Å². The Bertz CT molecular complexity index is 259. The number of aliphatic hydroxyl groups is 1. The summed E-state index contributed by atoms with van der Waals surface area (Å²) >= 11 is 0. The van der Waals surface area contributed by atoms with Crippen LogP contribution >= 0.6 is 0 Å². The molecule has 1 fully saturated rings. The largest absolute Gasteiger partial charge is 0.395 e. The van der Waals surface area contributed by atoms with Crippen LogP contribution in [0.15, 0.2) is 0 Å². The van der Waals surface area contributed by atoms with Crippen molar-refractivity contribution in [3.05, 3.63) is 0 Å². The molecule has 5 heteroatoms. The van der Waals surface area contributed by atoms with Crippen LogP contribution in [0.3, 0.4) is 0 Å². The second-order valence-corrected chi connectivity index (χ2v) is 6.22. The molecule has 1 unspecified atom stereocenters. The molecule has 1 rings (SSSR count). The minimum atomic E-state index is -3.26. The quantitative estimate of drug-likeness (QED) is 0.692.